The number of ether oxygens (including phenoxy) is 2. The van der Waals surface area contributed by atoms with Gasteiger partial charge in [0.2, 0.25) is 5.91 Å². The smallest absolute Gasteiger partial charge is 0.244 e. The van der Waals surface area contributed by atoms with Crippen molar-refractivity contribution in [3.05, 3.63) is 18.0 Å². The molecule has 0 aliphatic heterocycles. The molecule has 3 rings (SSSR count). The lowest BCUT2D eigenvalue weighted by molar-refractivity contribution is 0.0926. The Morgan fingerprint density at radius 3 is 2.60 bits per heavy atom. The highest BCUT2D eigenvalue weighted by Gasteiger charge is 2.25. The number of fused-ring (bicyclic) bond motifs is 2. The molecule has 0 aliphatic rings. The first-order chi connectivity index (χ1) is 9.60. The number of benzene rings is 1. The standard InChI is InChI=1S/C14H14N2O4/c1-7-10-11(16(15-7)8(2)17)14(19-4)13-9(5-6-20-13)12(10)18-3/h5-6H,1-4H3. The van der Waals surface area contributed by atoms with Crippen LogP contribution in [0.4, 0.5) is 0 Å². The number of aryl methyl sites for hydroxylation is 1. The van der Waals surface area contributed by atoms with E-state index < -0.39 is 0 Å². The Morgan fingerprint density at radius 2 is 2.00 bits per heavy atom. The van der Waals surface area contributed by atoms with Crippen LogP contribution in [0.15, 0.2) is 16.7 Å². The zero-order valence-corrected chi connectivity index (χ0v) is 11.7. The topological polar surface area (TPSA) is 66.5 Å². The van der Waals surface area contributed by atoms with Gasteiger partial charge in [0, 0.05) is 6.92 Å². The van der Waals surface area contributed by atoms with Crippen molar-refractivity contribution in [3.8, 4) is 11.5 Å². The molecule has 0 fully saturated rings. The normalized spacial score (nSPS) is 11.2. The Hall–Kier alpha value is -2.50. The zero-order valence-electron chi connectivity index (χ0n) is 11.7. The van der Waals surface area contributed by atoms with Crippen LogP contribution in [-0.4, -0.2) is 29.9 Å². The maximum absolute atomic E-state index is 11.8. The number of methoxy groups -OCH3 is 2. The van der Waals surface area contributed by atoms with Gasteiger partial charge in [-0.2, -0.15) is 9.78 Å². The first-order valence-corrected chi connectivity index (χ1v) is 6.11. The lowest BCUT2D eigenvalue weighted by atomic mass is 10.1. The first kappa shape index (κ1) is 12.5. The highest BCUT2D eigenvalue weighted by atomic mass is 16.5. The number of rotatable bonds is 2. The van der Waals surface area contributed by atoms with Crippen LogP contribution in [0.5, 0.6) is 11.5 Å². The van der Waals surface area contributed by atoms with Crippen molar-refractivity contribution in [1.29, 1.82) is 0 Å². The average molecular weight is 274 g/mol. The molecule has 1 aromatic carbocycles. The van der Waals surface area contributed by atoms with Crippen molar-refractivity contribution in [3.63, 3.8) is 0 Å². The van der Waals surface area contributed by atoms with E-state index in [-0.39, 0.29) is 5.91 Å². The van der Waals surface area contributed by atoms with Gasteiger partial charge in [0.15, 0.2) is 11.3 Å². The van der Waals surface area contributed by atoms with Crippen LogP contribution in [0.1, 0.15) is 17.4 Å². The van der Waals surface area contributed by atoms with Crippen LogP contribution in [0.3, 0.4) is 0 Å². The summed E-state index contributed by atoms with van der Waals surface area (Å²) in [6, 6.07) is 1.81. The Labute approximate surface area is 114 Å². The number of carbonyl (C=O) groups is 1. The molecule has 6 nitrogen and oxygen atoms in total. The zero-order chi connectivity index (χ0) is 14.4. The molecule has 104 valence electrons. The molecule has 2 aromatic heterocycles. The Bertz CT molecular complexity index is 829. The molecule has 2 heterocycles. The molecule has 0 unspecified atom stereocenters. The van der Waals surface area contributed by atoms with Gasteiger partial charge >= 0.3 is 0 Å². The predicted molar refractivity (Wildman–Crippen MR) is 73.6 cm³/mol. The van der Waals surface area contributed by atoms with Gasteiger partial charge in [-0.15, -0.1) is 0 Å². The molecule has 0 saturated heterocycles. The molecule has 0 saturated carbocycles. The summed E-state index contributed by atoms with van der Waals surface area (Å²) in [6.45, 7) is 3.28. The van der Waals surface area contributed by atoms with E-state index in [0.29, 0.717) is 28.3 Å². The molecule has 0 amide bonds. The Morgan fingerprint density at radius 1 is 1.30 bits per heavy atom. The van der Waals surface area contributed by atoms with Gasteiger partial charge in [-0.1, -0.05) is 0 Å². The summed E-state index contributed by atoms with van der Waals surface area (Å²) in [5.74, 6) is 0.917. The fourth-order valence-electron chi connectivity index (χ4n) is 2.54. The molecule has 0 atom stereocenters. The van der Waals surface area contributed by atoms with Crippen molar-refractivity contribution in [1.82, 2.24) is 9.78 Å². The summed E-state index contributed by atoms with van der Waals surface area (Å²) >= 11 is 0. The SMILES string of the molecule is COc1c2ccoc2c(OC)c2c1c(C)nn2C(C)=O. The monoisotopic (exact) mass is 274 g/mol. The van der Waals surface area contributed by atoms with Gasteiger partial charge in [0.1, 0.15) is 11.3 Å². The molecule has 3 aromatic rings. The molecular formula is C14H14N2O4. The molecule has 6 heteroatoms. The number of hydrogen-bond donors (Lipinski definition) is 0. The third kappa shape index (κ3) is 1.44. The second-order valence-corrected chi connectivity index (χ2v) is 4.47. The number of aromatic nitrogens is 2. The summed E-state index contributed by atoms with van der Waals surface area (Å²) in [7, 11) is 3.12. The van der Waals surface area contributed by atoms with Gasteiger partial charge in [-0.3, -0.25) is 4.79 Å². The van der Waals surface area contributed by atoms with E-state index in [1.54, 1.807) is 19.4 Å². The summed E-state index contributed by atoms with van der Waals surface area (Å²) < 4.78 is 17.7. The van der Waals surface area contributed by atoms with Gasteiger partial charge < -0.3 is 13.9 Å². The third-order valence-electron chi connectivity index (χ3n) is 3.33. The highest BCUT2D eigenvalue weighted by molar-refractivity contribution is 6.10. The molecule has 0 aliphatic carbocycles. The Kier molecular flexibility index (Phi) is 2.67. The second-order valence-electron chi connectivity index (χ2n) is 4.47. The summed E-state index contributed by atoms with van der Waals surface area (Å²) in [4.78, 5) is 11.8. The molecule has 0 radical (unpaired) electrons. The van der Waals surface area contributed by atoms with E-state index in [9.17, 15) is 4.79 Å². The van der Waals surface area contributed by atoms with Crippen LogP contribution in [0.25, 0.3) is 21.9 Å². The van der Waals surface area contributed by atoms with Gasteiger partial charge in [-0.25, -0.2) is 0 Å². The first-order valence-electron chi connectivity index (χ1n) is 6.11. The number of hydrogen-bond acceptors (Lipinski definition) is 5. The van der Waals surface area contributed by atoms with Crippen LogP contribution >= 0.6 is 0 Å². The van der Waals surface area contributed by atoms with Gasteiger partial charge in [0.25, 0.3) is 0 Å². The number of nitrogens with zero attached hydrogens (tertiary/aromatic N) is 2. The maximum Gasteiger partial charge on any atom is 0.244 e. The second kappa shape index (κ2) is 4.26. The lowest BCUT2D eigenvalue weighted by Crippen LogP contribution is -2.08. The minimum atomic E-state index is -0.200. The van der Waals surface area contributed by atoms with Gasteiger partial charge in [0.05, 0.1) is 36.9 Å². The van der Waals surface area contributed by atoms with E-state index in [4.69, 9.17) is 13.9 Å². The van der Waals surface area contributed by atoms with E-state index in [1.165, 1.54) is 18.7 Å². The van der Waals surface area contributed by atoms with Crippen LogP contribution < -0.4 is 9.47 Å². The van der Waals surface area contributed by atoms with E-state index in [1.807, 2.05) is 6.92 Å². The van der Waals surface area contributed by atoms with Crippen molar-refractivity contribution < 1.29 is 18.7 Å². The molecule has 20 heavy (non-hydrogen) atoms. The third-order valence-corrected chi connectivity index (χ3v) is 3.33. The quantitative estimate of drug-likeness (QED) is 0.718. The van der Waals surface area contributed by atoms with E-state index in [2.05, 4.69) is 5.10 Å². The molecule has 0 bridgehead atoms. The summed E-state index contributed by atoms with van der Waals surface area (Å²) in [5, 5.41) is 5.83. The number of carbonyl (C=O) groups excluding carboxylic acids is 1. The van der Waals surface area contributed by atoms with Crippen molar-refractivity contribution >= 4 is 27.8 Å². The maximum atomic E-state index is 11.8. The van der Waals surface area contributed by atoms with Crippen molar-refractivity contribution in [2.24, 2.45) is 0 Å². The van der Waals surface area contributed by atoms with Crippen LogP contribution in [0.2, 0.25) is 0 Å². The largest absolute Gasteiger partial charge is 0.495 e. The molecular weight excluding hydrogens is 260 g/mol. The van der Waals surface area contributed by atoms with Gasteiger partial charge in [-0.05, 0) is 13.0 Å². The van der Waals surface area contributed by atoms with Crippen LogP contribution in [-0.2, 0) is 0 Å². The average Bonchev–Trinajstić information content (AvgIpc) is 3.02. The van der Waals surface area contributed by atoms with E-state index in [0.717, 1.165) is 10.8 Å². The lowest BCUT2D eigenvalue weighted by Gasteiger charge is -2.09. The Balaban J connectivity index is 2.64. The molecule has 0 spiro atoms. The van der Waals surface area contributed by atoms with Crippen LogP contribution in [0, 0.1) is 6.92 Å². The number of furan rings is 1. The minimum absolute atomic E-state index is 0.200. The van der Waals surface area contributed by atoms with Crippen molar-refractivity contribution in [2.45, 2.75) is 13.8 Å². The van der Waals surface area contributed by atoms with E-state index >= 15 is 0 Å². The summed E-state index contributed by atoms with van der Waals surface area (Å²) in [6.07, 6.45) is 1.56. The predicted octanol–water partition coefficient (Wildman–Crippen LogP) is 2.77. The minimum Gasteiger partial charge on any atom is -0.495 e. The highest BCUT2D eigenvalue weighted by Crippen LogP contribution is 2.44. The fraction of sp³-hybridized carbons (Fsp3) is 0.286. The summed E-state index contributed by atoms with van der Waals surface area (Å²) in [5.41, 5.74) is 1.81. The van der Waals surface area contributed by atoms with Crippen molar-refractivity contribution in [2.75, 3.05) is 14.2 Å². The molecule has 0 N–H and O–H groups in total. The fourth-order valence-corrected chi connectivity index (χ4v) is 2.54.